The SMILES string of the molecule is C=CC(=O)ON=C(CC)c1cn(CC)c2ccc([N+](=O)[O-])cc12. The van der Waals surface area contributed by atoms with Crippen molar-refractivity contribution in [3.05, 3.63) is 52.7 Å². The lowest BCUT2D eigenvalue weighted by Gasteiger charge is -2.01. The van der Waals surface area contributed by atoms with Gasteiger partial charge in [-0.2, -0.15) is 0 Å². The van der Waals surface area contributed by atoms with E-state index >= 15 is 0 Å². The molecule has 0 unspecified atom stereocenters. The molecule has 0 amide bonds. The summed E-state index contributed by atoms with van der Waals surface area (Å²) in [5, 5.41) is 15.6. The van der Waals surface area contributed by atoms with Crippen LogP contribution in [0.15, 0.2) is 42.2 Å². The topological polar surface area (TPSA) is 86.7 Å². The van der Waals surface area contributed by atoms with Crippen molar-refractivity contribution in [2.75, 3.05) is 0 Å². The largest absolute Gasteiger partial charge is 0.358 e. The molecule has 0 N–H and O–H groups in total. The molecule has 0 spiro atoms. The number of carbonyl (C=O) groups excluding carboxylic acids is 1. The van der Waals surface area contributed by atoms with Crippen LogP contribution in [0.25, 0.3) is 10.9 Å². The molecule has 0 aliphatic carbocycles. The average Bonchev–Trinajstić information content (AvgIpc) is 2.93. The van der Waals surface area contributed by atoms with Crippen LogP contribution in [0, 0.1) is 10.1 Å². The number of oxime groups is 1. The number of nitro groups is 1. The molecule has 1 heterocycles. The Hall–Kier alpha value is -2.96. The Bertz CT molecular complexity index is 805. The van der Waals surface area contributed by atoms with Crippen LogP contribution >= 0.6 is 0 Å². The molecule has 7 heteroatoms. The van der Waals surface area contributed by atoms with Gasteiger partial charge in [0.2, 0.25) is 0 Å². The van der Waals surface area contributed by atoms with E-state index in [9.17, 15) is 14.9 Å². The molecule has 0 bridgehead atoms. The van der Waals surface area contributed by atoms with Gasteiger partial charge in [0.25, 0.3) is 5.69 Å². The summed E-state index contributed by atoms with van der Waals surface area (Å²) in [5.74, 6) is -0.652. The minimum atomic E-state index is -0.652. The summed E-state index contributed by atoms with van der Waals surface area (Å²) in [7, 11) is 0. The normalized spacial score (nSPS) is 11.5. The monoisotopic (exact) mass is 315 g/mol. The van der Waals surface area contributed by atoms with Gasteiger partial charge in [-0.1, -0.05) is 18.7 Å². The van der Waals surface area contributed by atoms with Gasteiger partial charge in [0.1, 0.15) is 0 Å². The van der Waals surface area contributed by atoms with Gasteiger partial charge in [-0.25, -0.2) is 4.79 Å². The Labute approximate surface area is 133 Å². The first kappa shape index (κ1) is 16.4. The minimum absolute atomic E-state index is 0.00569. The number of benzene rings is 1. The quantitative estimate of drug-likeness (QED) is 0.269. The highest BCUT2D eigenvalue weighted by atomic mass is 16.7. The first-order valence-electron chi connectivity index (χ1n) is 7.19. The van der Waals surface area contributed by atoms with Crippen LogP contribution in [0.2, 0.25) is 0 Å². The fourth-order valence-electron chi connectivity index (χ4n) is 2.33. The van der Waals surface area contributed by atoms with E-state index in [2.05, 4.69) is 11.7 Å². The number of fused-ring (bicyclic) bond motifs is 1. The fraction of sp³-hybridized carbons (Fsp3) is 0.250. The number of aromatic nitrogens is 1. The van der Waals surface area contributed by atoms with E-state index in [-0.39, 0.29) is 5.69 Å². The number of aryl methyl sites for hydroxylation is 1. The third-order valence-electron chi connectivity index (χ3n) is 3.47. The number of nitrogens with zero attached hydrogens (tertiary/aromatic N) is 3. The zero-order valence-corrected chi connectivity index (χ0v) is 13.0. The zero-order valence-electron chi connectivity index (χ0n) is 13.0. The van der Waals surface area contributed by atoms with Crippen molar-refractivity contribution < 1.29 is 14.6 Å². The number of non-ortho nitro benzene ring substituents is 1. The van der Waals surface area contributed by atoms with E-state index in [1.807, 2.05) is 24.6 Å². The van der Waals surface area contributed by atoms with Gasteiger partial charge in [-0.3, -0.25) is 10.1 Å². The van der Waals surface area contributed by atoms with E-state index in [4.69, 9.17) is 4.84 Å². The predicted molar refractivity (Wildman–Crippen MR) is 87.4 cm³/mol. The molecule has 23 heavy (non-hydrogen) atoms. The molecule has 0 aliphatic heterocycles. The van der Waals surface area contributed by atoms with Gasteiger partial charge in [-0.05, 0) is 19.4 Å². The van der Waals surface area contributed by atoms with Gasteiger partial charge >= 0.3 is 5.97 Å². The number of hydrogen-bond donors (Lipinski definition) is 0. The molecule has 2 aromatic rings. The number of hydrogen-bond acceptors (Lipinski definition) is 5. The molecule has 0 atom stereocenters. The molecule has 120 valence electrons. The molecule has 0 fully saturated rings. The smallest absolute Gasteiger partial charge is 0.347 e. The average molecular weight is 315 g/mol. The molecule has 0 saturated heterocycles. The van der Waals surface area contributed by atoms with Crippen LogP contribution in [0.4, 0.5) is 5.69 Å². The summed E-state index contributed by atoms with van der Waals surface area (Å²) >= 11 is 0. The van der Waals surface area contributed by atoms with Gasteiger partial charge in [0.15, 0.2) is 0 Å². The van der Waals surface area contributed by atoms with Crippen LogP contribution in [0.3, 0.4) is 0 Å². The Morgan fingerprint density at radius 1 is 1.48 bits per heavy atom. The van der Waals surface area contributed by atoms with Crippen LogP contribution in [-0.4, -0.2) is 21.2 Å². The van der Waals surface area contributed by atoms with E-state index in [0.717, 1.165) is 11.6 Å². The molecule has 1 aromatic carbocycles. The highest BCUT2D eigenvalue weighted by molar-refractivity contribution is 6.11. The van der Waals surface area contributed by atoms with Crippen LogP contribution in [0.5, 0.6) is 0 Å². The molecule has 2 rings (SSSR count). The minimum Gasteiger partial charge on any atom is -0.347 e. The maximum Gasteiger partial charge on any atom is 0.358 e. The van der Waals surface area contributed by atoms with E-state index in [0.29, 0.717) is 29.6 Å². The van der Waals surface area contributed by atoms with E-state index < -0.39 is 10.9 Å². The Morgan fingerprint density at radius 3 is 2.78 bits per heavy atom. The number of nitro benzene ring substituents is 1. The molecule has 0 aliphatic rings. The van der Waals surface area contributed by atoms with Crippen molar-refractivity contribution in [3.8, 4) is 0 Å². The third kappa shape index (κ3) is 3.28. The Balaban J connectivity index is 2.61. The highest BCUT2D eigenvalue weighted by Crippen LogP contribution is 2.27. The maximum absolute atomic E-state index is 11.2. The lowest BCUT2D eigenvalue weighted by atomic mass is 10.1. The molecular formula is C16H17N3O4. The third-order valence-corrected chi connectivity index (χ3v) is 3.47. The van der Waals surface area contributed by atoms with Gasteiger partial charge in [0, 0.05) is 47.4 Å². The highest BCUT2D eigenvalue weighted by Gasteiger charge is 2.16. The first-order chi connectivity index (χ1) is 11.0. The van der Waals surface area contributed by atoms with Gasteiger partial charge < -0.3 is 9.40 Å². The lowest BCUT2D eigenvalue weighted by molar-refractivity contribution is -0.384. The first-order valence-corrected chi connectivity index (χ1v) is 7.19. The second-order valence-electron chi connectivity index (χ2n) is 4.79. The van der Waals surface area contributed by atoms with Crippen molar-refractivity contribution in [1.29, 1.82) is 0 Å². The van der Waals surface area contributed by atoms with Crippen molar-refractivity contribution in [1.82, 2.24) is 4.57 Å². The Kier molecular flexibility index (Phi) is 4.90. The summed E-state index contributed by atoms with van der Waals surface area (Å²) < 4.78 is 1.97. The van der Waals surface area contributed by atoms with Crippen LogP contribution in [0.1, 0.15) is 25.8 Å². The molecule has 1 aromatic heterocycles. The fourth-order valence-corrected chi connectivity index (χ4v) is 2.33. The predicted octanol–water partition coefficient (Wildman–Crippen LogP) is 3.41. The maximum atomic E-state index is 11.2. The van der Waals surface area contributed by atoms with Crippen molar-refractivity contribution in [2.24, 2.45) is 5.16 Å². The van der Waals surface area contributed by atoms with Crippen molar-refractivity contribution in [2.45, 2.75) is 26.8 Å². The lowest BCUT2D eigenvalue weighted by Crippen LogP contribution is -2.03. The summed E-state index contributed by atoms with van der Waals surface area (Å²) in [6, 6.07) is 4.69. The number of rotatable bonds is 6. The molecule has 0 radical (unpaired) electrons. The molecule has 0 saturated carbocycles. The Morgan fingerprint density at radius 2 is 2.22 bits per heavy atom. The van der Waals surface area contributed by atoms with Gasteiger partial charge in [0.05, 0.1) is 10.6 Å². The van der Waals surface area contributed by atoms with Crippen LogP contribution in [-0.2, 0) is 16.2 Å². The second kappa shape index (κ2) is 6.87. The van der Waals surface area contributed by atoms with Crippen LogP contribution < -0.4 is 0 Å². The van der Waals surface area contributed by atoms with Gasteiger partial charge in [-0.15, -0.1) is 0 Å². The molecular weight excluding hydrogens is 298 g/mol. The number of carbonyl (C=O) groups is 1. The van der Waals surface area contributed by atoms with E-state index in [1.54, 1.807) is 6.07 Å². The second-order valence-corrected chi connectivity index (χ2v) is 4.79. The summed E-state index contributed by atoms with van der Waals surface area (Å²) in [6.07, 6.45) is 3.39. The molecule has 7 nitrogen and oxygen atoms in total. The summed E-state index contributed by atoms with van der Waals surface area (Å²) in [4.78, 5) is 26.5. The summed E-state index contributed by atoms with van der Waals surface area (Å²) in [6.45, 7) is 7.86. The standard InChI is InChI=1S/C16H17N3O4/c1-4-14(17-23-16(20)5-2)13-10-18(6-3)15-8-7-11(19(21)22)9-12(13)15/h5,7-10H,2,4,6H2,1,3H3. The van der Waals surface area contributed by atoms with Crippen molar-refractivity contribution >= 4 is 28.3 Å². The zero-order chi connectivity index (χ0) is 17.0. The van der Waals surface area contributed by atoms with Crippen molar-refractivity contribution in [3.63, 3.8) is 0 Å². The van der Waals surface area contributed by atoms with E-state index in [1.165, 1.54) is 12.1 Å². The summed E-state index contributed by atoms with van der Waals surface area (Å²) in [5.41, 5.74) is 2.12.